The number of hydrogen-bond acceptors (Lipinski definition) is 4. The molecule has 0 bridgehead atoms. The molecule has 2 aromatic heterocycles. The second-order valence-electron chi connectivity index (χ2n) is 7.08. The number of rotatable bonds is 5. The molecule has 0 aliphatic heterocycles. The Labute approximate surface area is 183 Å². The van der Waals surface area contributed by atoms with Crippen LogP contribution in [0.1, 0.15) is 11.1 Å². The Hall–Kier alpha value is -2.05. The zero-order valence-corrected chi connectivity index (χ0v) is 18.5. The summed E-state index contributed by atoms with van der Waals surface area (Å²) in [5, 5.41) is 3.32. The number of ether oxygens (including phenoxy) is 1. The Kier molecular flexibility index (Phi) is 5.58. The van der Waals surface area contributed by atoms with Crippen molar-refractivity contribution in [2.45, 2.75) is 13.1 Å². The Morgan fingerprint density at radius 2 is 1.72 bits per heavy atom. The molecule has 8 heteroatoms. The molecule has 0 N–H and O–H groups in total. The van der Waals surface area contributed by atoms with Gasteiger partial charge < -0.3 is 14.2 Å². The quantitative estimate of drug-likeness (QED) is 0.369. The van der Waals surface area contributed by atoms with Gasteiger partial charge in [-0.2, -0.15) is 4.98 Å². The lowest BCUT2D eigenvalue weighted by Gasteiger charge is -2.11. The highest BCUT2D eigenvalue weighted by atomic mass is 35.5. The average Bonchev–Trinajstić information content (AvgIpc) is 3.00. The molecule has 150 valence electrons. The molecule has 0 saturated heterocycles. The van der Waals surface area contributed by atoms with E-state index in [0.717, 1.165) is 39.5 Å². The normalized spacial score (nSPS) is 11.7. The number of aromatic nitrogens is 3. The van der Waals surface area contributed by atoms with Gasteiger partial charge >= 0.3 is 0 Å². The summed E-state index contributed by atoms with van der Waals surface area (Å²) < 4.78 is 7.69. The monoisotopic (exact) mass is 448 g/mol. The summed E-state index contributed by atoms with van der Waals surface area (Å²) in [5.41, 5.74) is 3.77. The summed E-state index contributed by atoms with van der Waals surface area (Å²) in [6, 6.07) is 9.51. The van der Waals surface area contributed by atoms with Crippen molar-refractivity contribution >= 4 is 56.6 Å². The third kappa shape index (κ3) is 3.76. The number of benzene rings is 2. The van der Waals surface area contributed by atoms with E-state index < -0.39 is 0 Å². The van der Waals surface area contributed by atoms with Crippen molar-refractivity contribution in [2.24, 2.45) is 0 Å². The van der Waals surface area contributed by atoms with E-state index >= 15 is 0 Å². The van der Waals surface area contributed by atoms with Crippen LogP contribution in [0, 0.1) is 0 Å². The summed E-state index contributed by atoms with van der Waals surface area (Å²) in [5.74, 6) is 0.458. The minimum Gasteiger partial charge on any atom is -0.480 e. The van der Waals surface area contributed by atoms with Crippen molar-refractivity contribution in [3.63, 3.8) is 0 Å². The fourth-order valence-electron chi connectivity index (χ4n) is 3.63. The van der Waals surface area contributed by atoms with Crippen LogP contribution in [0.5, 0.6) is 5.88 Å². The zero-order chi connectivity index (χ0) is 20.7. The van der Waals surface area contributed by atoms with E-state index in [1.165, 1.54) is 0 Å². The number of methoxy groups -OCH3 is 1. The van der Waals surface area contributed by atoms with E-state index in [1.807, 2.05) is 44.4 Å². The van der Waals surface area contributed by atoms with Gasteiger partial charge in [0.25, 0.3) is 0 Å². The van der Waals surface area contributed by atoms with Crippen molar-refractivity contribution in [3.8, 4) is 5.88 Å². The predicted molar refractivity (Wildman–Crippen MR) is 120 cm³/mol. The van der Waals surface area contributed by atoms with Gasteiger partial charge in [0.1, 0.15) is 0 Å². The lowest BCUT2D eigenvalue weighted by molar-refractivity contribution is 0.401. The number of halogens is 3. The first kappa shape index (κ1) is 20.2. The minimum absolute atomic E-state index is 0.158. The van der Waals surface area contributed by atoms with E-state index in [1.54, 1.807) is 7.11 Å². The molecule has 0 fully saturated rings. The van der Waals surface area contributed by atoms with Crippen LogP contribution < -0.4 is 4.74 Å². The first-order chi connectivity index (χ1) is 13.9. The van der Waals surface area contributed by atoms with E-state index in [4.69, 9.17) is 39.5 Å². The van der Waals surface area contributed by atoms with Crippen LogP contribution >= 0.6 is 34.8 Å². The third-order valence-corrected chi connectivity index (χ3v) is 5.67. The lowest BCUT2D eigenvalue weighted by Crippen LogP contribution is -2.10. The molecular formula is C21H19Cl3N4O. The largest absolute Gasteiger partial charge is 0.480 e. The molecule has 0 unspecified atom stereocenters. The Morgan fingerprint density at radius 1 is 1.00 bits per heavy atom. The van der Waals surface area contributed by atoms with Crippen LogP contribution in [-0.4, -0.2) is 40.6 Å². The predicted octanol–water partition coefficient (Wildman–Crippen LogP) is 5.66. The van der Waals surface area contributed by atoms with Crippen LogP contribution in [0.25, 0.3) is 21.8 Å². The van der Waals surface area contributed by atoms with E-state index in [9.17, 15) is 0 Å². The summed E-state index contributed by atoms with van der Waals surface area (Å²) in [7, 11) is 5.65. The molecule has 4 aromatic rings. The minimum atomic E-state index is 0.158. The van der Waals surface area contributed by atoms with Crippen LogP contribution in [-0.2, 0) is 13.1 Å². The molecule has 4 rings (SSSR count). The fourth-order valence-corrected chi connectivity index (χ4v) is 4.32. The highest BCUT2D eigenvalue weighted by Crippen LogP contribution is 2.36. The SMILES string of the molecule is COc1nc(Cl)nc2ccc3c(c(CN(C)C)cn3Cc3c(Cl)cccc3Cl)c12. The molecule has 2 heterocycles. The third-order valence-electron chi connectivity index (χ3n) is 4.79. The molecule has 29 heavy (non-hydrogen) atoms. The first-order valence-corrected chi connectivity index (χ1v) is 10.1. The van der Waals surface area contributed by atoms with Gasteiger partial charge in [-0.3, -0.25) is 0 Å². The maximum Gasteiger partial charge on any atom is 0.226 e. The van der Waals surface area contributed by atoms with Gasteiger partial charge in [0.15, 0.2) is 0 Å². The van der Waals surface area contributed by atoms with Crippen molar-refractivity contribution in [1.82, 2.24) is 19.4 Å². The molecule has 0 aliphatic rings. The van der Waals surface area contributed by atoms with Gasteiger partial charge in [0.2, 0.25) is 11.2 Å². The second kappa shape index (κ2) is 8.00. The summed E-state index contributed by atoms with van der Waals surface area (Å²) >= 11 is 18.9. The van der Waals surface area contributed by atoms with E-state index in [2.05, 4.69) is 25.6 Å². The van der Waals surface area contributed by atoms with Gasteiger partial charge in [0, 0.05) is 39.3 Å². The van der Waals surface area contributed by atoms with Crippen molar-refractivity contribution < 1.29 is 4.74 Å². The molecular weight excluding hydrogens is 431 g/mol. The number of hydrogen-bond donors (Lipinski definition) is 0. The average molecular weight is 450 g/mol. The molecule has 5 nitrogen and oxygen atoms in total. The Morgan fingerprint density at radius 3 is 2.38 bits per heavy atom. The number of nitrogens with zero attached hydrogens (tertiary/aromatic N) is 4. The Balaban J connectivity index is 2.01. The first-order valence-electron chi connectivity index (χ1n) is 8.98. The molecule has 2 aromatic carbocycles. The number of fused-ring (bicyclic) bond motifs is 3. The smallest absolute Gasteiger partial charge is 0.226 e. The maximum absolute atomic E-state index is 6.42. The van der Waals surface area contributed by atoms with Gasteiger partial charge in [-0.15, -0.1) is 0 Å². The van der Waals surface area contributed by atoms with Crippen LogP contribution in [0.2, 0.25) is 15.3 Å². The Bertz CT molecular complexity index is 1200. The van der Waals surface area contributed by atoms with E-state index in [0.29, 0.717) is 22.5 Å². The molecule has 0 saturated carbocycles. The summed E-state index contributed by atoms with van der Waals surface area (Å²) in [6.07, 6.45) is 2.12. The van der Waals surface area contributed by atoms with Gasteiger partial charge in [0.05, 0.1) is 24.6 Å². The lowest BCUT2D eigenvalue weighted by atomic mass is 10.1. The van der Waals surface area contributed by atoms with Crippen molar-refractivity contribution in [2.75, 3.05) is 21.2 Å². The second-order valence-corrected chi connectivity index (χ2v) is 8.23. The van der Waals surface area contributed by atoms with Crippen molar-refractivity contribution in [1.29, 1.82) is 0 Å². The van der Waals surface area contributed by atoms with Crippen LogP contribution in [0.15, 0.2) is 36.5 Å². The maximum atomic E-state index is 6.42. The molecule has 0 amide bonds. The van der Waals surface area contributed by atoms with Gasteiger partial charge in [-0.1, -0.05) is 29.3 Å². The zero-order valence-electron chi connectivity index (χ0n) is 16.2. The van der Waals surface area contributed by atoms with Gasteiger partial charge in [-0.25, -0.2) is 4.98 Å². The molecule has 0 atom stereocenters. The van der Waals surface area contributed by atoms with Crippen molar-refractivity contribution in [3.05, 3.63) is 63.0 Å². The van der Waals surface area contributed by atoms with Crippen LogP contribution in [0.3, 0.4) is 0 Å². The molecule has 0 spiro atoms. The molecule has 0 aliphatic carbocycles. The standard InChI is InChI=1S/C21H19Cl3N4O/c1-27(2)9-12-10-28(11-13-14(22)5-4-6-15(13)23)17-8-7-16-19(18(12)17)20(29-3)26-21(24)25-16/h4-8,10H,9,11H2,1-3H3. The highest BCUT2D eigenvalue weighted by Gasteiger charge is 2.19. The van der Waals surface area contributed by atoms with Crippen LogP contribution in [0.4, 0.5) is 0 Å². The molecule has 0 radical (unpaired) electrons. The topological polar surface area (TPSA) is 43.2 Å². The summed E-state index contributed by atoms with van der Waals surface area (Å²) in [4.78, 5) is 10.8. The summed E-state index contributed by atoms with van der Waals surface area (Å²) in [6.45, 7) is 1.29. The van der Waals surface area contributed by atoms with E-state index in [-0.39, 0.29) is 5.28 Å². The van der Waals surface area contributed by atoms with Gasteiger partial charge in [-0.05, 0) is 55.5 Å². The highest BCUT2D eigenvalue weighted by molar-refractivity contribution is 6.36. The fraction of sp³-hybridized carbons (Fsp3) is 0.238.